The number of nitrogens with zero attached hydrogens (tertiary/aromatic N) is 2. The van der Waals surface area contributed by atoms with Crippen molar-refractivity contribution in [3.63, 3.8) is 0 Å². The minimum atomic E-state index is -3.93. The minimum absolute atomic E-state index is 0.00292. The molecule has 4 rings (SSSR count). The number of fused-ring (bicyclic) bond motifs is 1. The molecule has 0 unspecified atom stereocenters. The van der Waals surface area contributed by atoms with Gasteiger partial charge >= 0.3 is 0 Å². The van der Waals surface area contributed by atoms with Gasteiger partial charge in [0.1, 0.15) is 10.6 Å². The van der Waals surface area contributed by atoms with Crippen LogP contribution in [0.2, 0.25) is 0 Å². The zero-order valence-electron chi connectivity index (χ0n) is 19.1. The molecule has 6 nitrogen and oxygen atoms in total. The molecule has 33 heavy (non-hydrogen) atoms. The van der Waals surface area contributed by atoms with Crippen LogP contribution < -0.4 is 9.04 Å². The summed E-state index contributed by atoms with van der Waals surface area (Å²) in [4.78, 5) is 14.8. The highest BCUT2D eigenvalue weighted by Crippen LogP contribution is 2.35. The number of anilines is 1. The second-order valence-corrected chi connectivity index (χ2v) is 10.1. The Bertz CT molecular complexity index is 1290. The predicted molar refractivity (Wildman–Crippen MR) is 129 cm³/mol. The Morgan fingerprint density at radius 1 is 1.06 bits per heavy atom. The lowest BCUT2D eigenvalue weighted by molar-refractivity contribution is 0.0784. The number of aryl methyl sites for hydroxylation is 2. The van der Waals surface area contributed by atoms with Crippen molar-refractivity contribution in [3.8, 4) is 5.75 Å². The van der Waals surface area contributed by atoms with Gasteiger partial charge in [-0.2, -0.15) is 0 Å². The first-order chi connectivity index (χ1) is 15.8. The van der Waals surface area contributed by atoms with E-state index in [1.807, 2.05) is 55.5 Å². The molecule has 0 atom stereocenters. The maximum atomic E-state index is 13.7. The maximum Gasteiger partial charge on any atom is 0.268 e. The second-order valence-electron chi connectivity index (χ2n) is 8.26. The van der Waals surface area contributed by atoms with Gasteiger partial charge in [-0.15, -0.1) is 0 Å². The van der Waals surface area contributed by atoms with Crippen LogP contribution in [0.1, 0.15) is 33.5 Å². The van der Waals surface area contributed by atoms with E-state index in [4.69, 9.17) is 4.74 Å². The van der Waals surface area contributed by atoms with Crippen LogP contribution in [-0.4, -0.2) is 39.9 Å². The van der Waals surface area contributed by atoms with Gasteiger partial charge in [-0.3, -0.25) is 9.10 Å². The highest BCUT2D eigenvalue weighted by atomic mass is 32.2. The molecule has 0 aliphatic carbocycles. The molecule has 0 aromatic heterocycles. The highest BCUT2D eigenvalue weighted by Gasteiger charge is 2.32. The van der Waals surface area contributed by atoms with Gasteiger partial charge in [0.05, 0.1) is 12.8 Å². The van der Waals surface area contributed by atoms with Crippen LogP contribution >= 0.6 is 0 Å². The van der Waals surface area contributed by atoms with Crippen molar-refractivity contribution in [3.05, 3.63) is 89.0 Å². The van der Waals surface area contributed by atoms with Crippen LogP contribution in [0.5, 0.6) is 5.75 Å². The van der Waals surface area contributed by atoms with E-state index in [2.05, 4.69) is 0 Å². The molecular weight excluding hydrogens is 436 g/mol. The van der Waals surface area contributed by atoms with Crippen molar-refractivity contribution >= 4 is 21.6 Å². The fraction of sp³-hybridized carbons (Fsp3) is 0.269. The summed E-state index contributed by atoms with van der Waals surface area (Å²) in [7, 11) is -0.777. The molecule has 3 aromatic rings. The lowest BCUT2D eigenvalue weighted by atomic mass is 10.0. The monoisotopic (exact) mass is 464 g/mol. The van der Waals surface area contributed by atoms with Crippen molar-refractivity contribution in [2.75, 3.05) is 25.0 Å². The summed E-state index contributed by atoms with van der Waals surface area (Å²) in [5, 5.41) is 0. The number of carbonyl (C=O) groups is 1. The van der Waals surface area contributed by atoms with Gasteiger partial charge in [-0.25, -0.2) is 8.42 Å². The van der Waals surface area contributed by atoms with E-state index in [1.165, 1.54) is 17.5 Å². The molecule has 0 bridgehead atoms. The Labute approximate surface area is 195 Å². The number of methoxy groups -OCH3 is 1. The summed E-state index contributed by atoms with van der Waals surface area (Å²) >= 11 is 0. The molecule has 0 saturated carbocycles. The van der Waals surface area contributed by atoms with Gasteiger partial charge < -0.3 is 9.64 Å². The molecule has 1 amide bonds. The van der Waals surface area contributed by atoms with Crippen molar-refractivity contribution in [2.45, 2.75) is 31.2 Å². The summed E-state index contributed by atoms with van der Waals surface area (Å²) in [5.41, 5.74) is 4.12. The van der Waals surface area contributed by atoms with Crippen molar-refractivity contribution in [2.24, 2.45) is 0 Å². The molecule has 1 aliphatic heterocycles. The van der Waals surface area contributed by atoms with E-state index in [9.17, 15) is 13.2 Å². The normalized spacial score (nSPS) is 13.4. The molecule has 0 saturated heterocycles. The Morgan fingerprint density at radius 3 is 2.55 bits per heavy atom. The average molecular weight is 465 g/mol. The van der Waals surface area contributed by atoms with Crippen LogP contribution in [0, 0.1) is 6.92 Å². The number of hydrogen-bond acceptors (Lipinski definition) is 4. The molecule has 0 radical (unpaired) electrons. The van der Waals surface area contributed by atoms with Gasteiger partial charge in [0.2, 0.25) is 0 Å². The van der Waals surface area contributed by atoms with Gasteiger partial charge in [0.25, 0.3) is 15.9 Å². The van der Waals surface area contributed by atoms with Gasteiger partial charge in [0.15, 0.2) is 0 Å². The second kappa shape index (κ2) is 9.27. The number of ether oxygens (including phenoxy) is 1. The first-order valence-corrected chi connectivity index (χ1v) is 12.4. The fourth-order valence-electron chi connectivity index (χ4n) is 4.21. The Kier molecular flexibility index (Phi) is 6.42. The topological polar surface area (TPSA) is 66.9 Å². The fourth-order valence-corrected chi connectivity index (χ4v) is 5.94. The number of benzene rings is 3. The first kappa shape index (κ1) is 22.9. The largest absolute Gasteiger partial charge is 0.495 e. The van der Waals surface area contributed by atoms with Crippen LogP contribution in [0.4, 0.5) is 5.69 Å². The molecule has 3 aromatic carbocycles. The zero-order valence-corrected chi connectivity index (χ0v) is 19.9. The third kappa shape index (κ3) is 4.46. The number of amides is 1. The first-order valence-electron chi connectivity index (χ1n) is 10.9. The summed E-state index contributed by atoms with van der Waals surface area (Å²) in [5.74, 6) is -0.0347. The van der Waals surface area contributed by atoms with E-state index in [0.29, 0.717) is 24.3 Å². The van der Waals surface area contributed by atoms with Gasteiger partial charge in [0, 0.05) is 25.7 Å². The number of carbonyl (C=O) groups excluding carboxylic acids is 1. The zero-order chi connectivity index (χ0) is 23.6. The third-order valence-electron chi connectivity index (χ3n) is 6.06. The van der Waals surface area contributed by atoms with Crippen molar-refractivity contribution in [1.82, 2.24) is 4.90 Å². The molecule has 1 heterocycles. The lowest BCUT2D eigenvalue weighted by Gasteiger charge is -2.31. The summed E-state index contributed by atoms with van der Waals surface area (Å²) in [6, 6.07) is 20.0. The molecule has 1 aliphatic rings. The minimum Gasteiger partial charge on any atom is -0.495 e. The highest BCUT2D eigenvalue weighted by molar-refractivity contribution is 7.93. The molecule has 0 fully saturated rings. The Hall–Kier alpha value is -3.32. The lowest BCUT2D eigenvalue weighted by Crippen LogP contribution is -2.36. The third-order valence-corrected chi connectivity index (χ3v) is 7.90. The Balaban J connectivity index is 1.69. The van der Waals surface area contributed by atoms with Crippen molar-refractivity contribution < 1.29 is 17.9 Å². The van der Waals surface area contributed by atoms with E-state index in [0.717, 1.165) is 29.5 Å². The van der Waals surface area contributed by atoms with E-state index in [-0.39, 0.29) is 16.6 Å². The summed E-state index contributed by atoms with van der Waals surface area (Å²) < 4.78 is 34.3. The van der Waals surface area contributed by atoms with E-state index < -0.39 is 10.0 Å². The van der Waals surface area contributed by atoms with Crippen LogP contribution in [0.15, 0.2) is 71.6 Å². The average Bonchev–Trinajstić information content (AvgIpc) is 2.84. The summed E-state index contributed by atoms with van der Waals surface area (Å²) in [6.45, 7) is 2.81. The van der Waals surface area contributed by atoms with Crippen LogP contribution in [-0.2, 0) is 23.0 Å². The van der Waals surface area contributed by atoms with Crippen LogP contribution in [0.3, 0.4) is 0 Å². The van der Waals surface area contributed by atoms with E-state index in [1.54, 1.807) is 24.1 Å². The predicted octanol–water partition coefficient (Wildman–Crippen LogP) is 4.42. The number of hydrogen-bond donors (Lipinski definition) is 0. The van der Waals surface area contributed by atoms with Crippen LogP contribution in [0.25, 0.3) is 0 Å². The van der Waals surface area contributed by atoms with Crippen molar-refractivity contribution in [1.29, 1.82) is 0 Å². The molecule has 0 N–H and O–H groups in total. The summed E-state index contributed by atoms with van der Waals surface area (Å²) in [6.07, 6.45) is 1.57. The number of para-hydroxylation sites is 1. The quantitative estimate of drug-likeness (QED) is 0.542. The molecular formula is C26H28N2O4S. The molecule has 7 heteroatoms. The number of sulfonamides is 1. The molecule has 0 spiro atoms. The van der Waals surface area contributed by atoms with E-state index >= 15 is 0 Å². The SMILES string of the molecule is COc1ccc(C(=O)N(C)Cc2ccccc2C)cc1S(=O)(=O)N1CCCc2ccccc21. The maximum absolute atomic E-state index is 13.7. The Morgan fingerprint density at radius 2 is 1.79 bits per heavy atom. The number of rotatable bonds is 6. The molecule has 172 valence electrons. The van der Waals surface area contributed by atoms with Gasteiger partial charge in [-0.1, -0.05) is 42.5 Å². The standard InChI is InChI=1S/C26H28N2O4S/c1-19-9-4-5-11-22(19)18-27(2)26(29)21-14-15-24(32-3)25(17-21)33(30,31)28-16-8-12-20-10-6-7-13-23(20)28/h4-7,9-11,13-15,17H,8,12,16,18H2,1-3H3. The van der Waals surface area contributed by atoms with Gasteiger partial charge in [-0.05, 0) is 60.7 Å². The smallest absolute Gasteiger partial charge is 0.268 e.